The first-order valence-electron chi connectivity index (χ1n) is 6.68. The molecule has 0 aliphatic carbocycles. The Morgan fingerprint density at radius 3 is 2.64 bits per heavy atom. The number of hydrogen-bond donors (Lipinski definition) is 2. The van der Waals surface area contributed by atoms with E-state index >= 15 is 0 Å². The van der Waals surface area contributed by atoms with E-state index in [0.717, 1.165) is 0 Å². The van der Waals surface area contributed by atoms with Crippen molar-refractivity contribution in [2.24, 2.45) is 0 Å². The van der Waals surface area contributed by atoms with Crippen molar-refractivity contribution in [3.63, 3.8) is 0 Å². The maximum absolute atomic E-state index is 12.3. The molecule has 0 bridgehead atoms. The van der Waals surface area contributed by atoms with Gasteiger partial charge in [0.2, 0.25) is 5.91 Å². The van der Waals surface area contributed by atoms with E-state index in [1.54, 1.807) is 36.4 Å². The Bertz CT molecular complexity index is 927. The van der Waals surface area contributed by atoms with Crippen LogP contribution in [0, 0.1) is 0 Å². The zero-order valence-corrected chi connectivity index (χ0v) is 11.8. The van der Waals surface area contributed by atoms with Crippen LogP contribution in [-0.2, 0) is 4.79 Å². The van der Waals surface area contributed by atoms with Crippen LogP contribution in [0.5, 0.6) is 5.75 Å². The molecule has 110 valence electrons. The minimum atomic E-state index is -0.244. The average molecular weight is 295 g/mol. The van der Waals surface area contributed by atoms with Crippen molar-refractivity contribution in [1.29, 1.82) is 0 Å². The number of benzene rings is 2. The topological polar surface area (TPSA) is 79.5 Å². The number of phenolic OH excluding ortho intramolecular Hbond substituents is 1. The number of aromatic hydroxyl groups is 1. The number of fused-ring (bicyclic) bond motifs is 1. The van der Waals surface area contributed by atoms with Gasteiger partial charge >= 0.3 is 0 Å². The van der Waals surface area contributed by atoms with Gasteiger partial charge in [-0.25, -0.2) is 0 Å². The molecule has 0 aliphatic heterocycles. The van der Waals surface area contributed by atoms with Crippen molar-refractivity contribution in [3.8, 4) is 17.1 Å². The summed E-state index contributed by atoms with van der Waals surface area (Å²) in [4.78, 5) is 23.3. The third-order valence-electron chi connectivity index (χ3n) is 3.22. The Morgan fingerprint density at radius 2 is 1.91 bits per heavy atom. The highest BCUT2D eigenvalue weighted by molar-refractivity contribution is 5.92. The van der Waals surface area contributed by atoms with E-state index < -0.39 is 0 Å². The normalized spacial score (nSPS) is 10.6. The molecule has 0 aliphatic rings. The minimum Gasteiger partial charge on any atom is -0.507 e. The Balaban J connectivity index is 2.16. The van der Waals surface area contributed by atoms with E-state index in [9.17, 15) is 14.7 Å². The van der Waals surface area contributed by atoms with E-state index in [2.05, 4.69) is 5.32 Å². The molecule has 1 aromatic heterocycles. The fraction of sp³-hybridized carbons (Fsp3) is 0.0588. The second-order valence-corrected chi connectivity index (χ2v) is 4.88. The van der Waals surface area contributed by atoms with Crippen LogP contribution in [0.25, 0.3) is 22.3 Å². The average Bonchev–Trinajstić information content (AvgIpc) is 2.47. The number of phenols is 1. The summed E-state index contributed by atoms with van der Waals surface area (Å²) in [6.07, 6.45) is 0. The summed E-state index contributed by atoms with van der Waals surface area (Å²) in [6, 6.07) is 12.8. The molecule has 0 spiro atoms. The van der Waals surface area contributed by atoms with Crippen LogP contribution < -0.4 is 10.7 Å². The van der Waals surface area contributed by atoms with Gasteiger partial charge in [0.1, 0.15) is 17.1 Å². The predicted octanol–water partition coefficient (Wildman–Crippen LogP) is 3.12. The van der Waals surface area contributed by atoms with Crippen LogP contribution in [0.3, 0.4) is 0 Å². The van der Waals surface area contributed by atoms with E-state index in [-0.39, 0.29) is 17.1 Å². The van der Waals surface area contributed by atoms with Crippen LogP contribution in [-0.4, -0.2) is 11.0 Å². The molecule has 3 rings (SSSR count). The summed E-state index contributed by atoms with van der Waals surface area (Å²) < 4.78 is 5.70. The molecule has 1 amide bonds. The summed E-state index contributed by atoms with van der Waals surface area (Å²) in [6.45, 7) is 1.40. The molecule has 5 nitrogen and oxygen atoms in total. The monoisotopic (exact) mass is 295 g/mol. The molecule has 5 heteroatoms. The highest BCUT2D eigenvalue weighted by atomic mass is 16.3. The lowest BCUT2D eigenvalue weighted by molar-refractivity contribution is -0.114. The van der Waals surface area contributed by atoms with Gasteiger partial charge in [-0.05, 0) is 30.3 Å². The van der Waals surface area contributed by atoms with Crippen LogP contribution in [0.2, 0.25) is 0 Å². The first-order chi connectivity index (χ1) is 10.5. The van der Waals surface area contributed by atoms with Gasteiger partial charge in [-0.3, -0.25) is 9.59 Å². The molecule has 2 aromatic carbocycles. The van der Waals surface area contributed by atoms with Crippen LogP contribution >= 0.6 is 0 Å². The largest absolute Gasteiger partial charge is 0.507 e. The minimum absolute atomic E-state index is 0.0415. The second-order valence-electron chi connectivity index (χ2n) is 4.88. The number of anilines is 1. The van der Waals surface area contributed by atoms with Gasteiger partial charge in [0.05, 0.1) is 10.9 Å². The van der Waals surface area contributed by atoms with Crippen LogP contribution in [0.15, 0.2) is 57.7 Å². The number of carbonyl (C=O) groups excluding carboxylic acids is 1. The van der Waals surface area contributed by atoms with Crippen molar-refractivity contribution in [1.82, 2.24) is 0 Å². The van der Waals surface area contributed by atoms with Crippen molar-refractivity contribution >= 4 is 22.6 Å². The number of carbonyl (C=O) groups is 1. The quantitative estimate of drug-likeness (QED) is 0.761. The Hall–Kier alpha value is -3.08. The molecule has 0 saturated carbocycles. The Kier molecular flexibility index (Phi) is 3.39. The van der Waals surface area contributed by atoms with Gasteiger partial charge in [0.15, 0.2) is 5.43 Å². The Morgan fingerprint density at radius 1 is 1.14 bits per heavy atom. The van der Waals surface area contributed by atoms with Gasteiger partial charge in [-0.15, -0.1) is 0 Å². The van der Waals surface area contributed by atoms with Crippen molar-refractivity contribution in [2.45, 2.75) is 6.92 Å². The fourth-order valence-electron chi connectivity index (χ4n) is 2.25. The number of amides is 1. The summed E-state index contributed by atoms with van der Waals surface area (Å²) in [7, 11) is 0. The summed E-state index contributed by atoms with van der Waals surface area (Å²) in [5, 5.41) is 12.8. The summed E-state index contributed by atoms with van der Waals surface area (Å²) in [5.74, 6) is 0.123. The highest BCUT2D eigenvalue weighted by Crippen LogP contribution is 2.30. The molecule has 0 saturated heterocycles. The van der Waals surface area contributed by atoms with Crippen molar-refractivity contribution < 1.29 is 14.3 Å². The molecule has 0 atom stereocenters. The summed E-state index contributed by atoms with van der Waals surface area (Å²) >= 11 is 0. The molecular weight excluding hydrogens is 282 g/mol. The molecule has 3 aromatic rings. The number of rotatable bonds is 2. The SMILES string of the molecule is CC(=O)Nc1ccc2oc(-c3ccccc3O)cc(=O)c2c1. The van der Waals surface area contributed by atoms with Crippen molar-refractivity contribution in [2.75, 3.05) is 5.32 Å². The maximum Gasteiger partial charge on any atom is 0.221 e. The van der Waals surface area contributed by atoms with Gasteiger partial charge in [-0.2, -0.15) is 0 Å². The van der Waals surface area contributed by atoms with E-state index in [1.165, 1.54) is 19.1 Å². The lowest BCUT2D eigenvalue weighted by atomic mass is 10.1. The van der Waals surface area contributed by atoms with Gasteiger partial charge in [-0.1, -0.05) is 12.1 Å². The van der Waals surface area contributed by atoms with Crippen molar-refractivity contribution in [3.05, 3.63) is 58.8 Å². The zero-order valence-electron chi connectivity index (χ0n) is 11.8. The summed E-state index contributed by atoms with van der Waals surface area (Å²) in [5.41, 5.74) is 1.13. The highest BCUT2D eigenvalue weighted by Gasteiger charge is 2.10. The molecule has 22 heavy (non-hydrogen) atoms. The number of nitrogens with one attached hydrogen (secondary N) is 1. The lowest BCUT2D eigenvalue weighted by Crippen LogP contribution is -2.07. The van der Waals surface area contributed by atoms with Gasteiger partial charge in [0, 0.05) is 18.7 Å². The van der Waals surface area contributed by atoms with Gasteiger partial charge < -0.3 is 14.8 Å². The van der Waals surface area contributed by atoms with Crippen LogP contribution in [0.1, 0.15) is 6.92 Å². The van der Waals surface area contributed by atoms with E-state index in [0.29, 0.717) is 28.0 Å². The predicted molar refractivity (Wildman–Crippen MR) is 83.9 cm³/mol. The number of hydrogen-bond acceptors (Lipinski definition) is 4. The standard InChI is InChI=1S/C17H13NO4/c1-10(19)18-11-6-7-16-13(8-11)15(21)9-17(22-16)12-4-2-3-5-14(12)20/h2-9,20H,1H3,(H,18,19). The third-order valence-corrected chi connectivity index (χ3v) is 3.22. The second kappa shape index (κ2) is 5.37. The molecule has 2 N–H and O–H groups in total. The first-order valence-corrected chi connectivity index (χ1v) is 6.68. The lowest BCUT2D eigenvalue weighted by Gasteiger charge is -2.07. The number of para-hydroxylation sites is 1. The fourth-order valence-corrected chi connectivity index (χ4v) is 2.25. The van der Waals surface area contributed by atoms with Crippen LogP contribution in [0.4, 0.5) is 5.69 Å². The van der Waals surface area contributed by atoms with E-state index in [4.69, 9.17) is 4.42 Å². The van der Waals surface area contributed by atoms with E-state index in [1.807, 2.05) is 0 Å². The van der Waals surface area contributed by atoms with Gasteiger partial charge in [0.25, 0.3) is 0 Å². The molecule has 0 radical (unpaired) electrons. The maximum atomic E-state index is 12.3. The third kappa shape index (κ3) is 2.56. The smallest absolute Gasteiger partial charge is 0.221 e. The molecule has 1 heterocycles. The zero-order chi connectivity index (χ0) is 15.7. The molecular formula is C17H13NO4. The first kappa shape index (κ1) is 13.9. The molecule has 0 unspecified atom stereocenters. The Labute approximate surface area is 125 Å². The molecule has 0 fully saturated rings.